The van der Waals surface area contributed by atoms with Gasteiger partial charge in [0.15, 0.2) is 0 Å². The maximum Gasteiger partial charge on any atom is 0.239 e. The number of para-hydroxylation sites is 2. The third-order valence-corrected chi connectivity index (χ3v) is 2.62. The number of nitrogens with two attached hydrogens (primary N) is 2. The molecule has 0 aromatic heterocycles. The molecule has 5 nitrogen and oxygen atoms in total. The topological polar surface area (TPSA) is 81.6 Å². The number of hydrogen-bond acceptors (Lipinski definition) is 4. The second-order valence-electron chi connectivity index (χ2n) is 4.31. The van der Waals surface area contributed by atoms with Crippen molar-refractivity contribution in [2.24, 2.45) is 11.5 Å². The van der Waals surface area contributed by atoms with Crippen molar-refractivity contribution in [2.45, 2.75) is 12.5 Å². The predicted molar refractivity (Wildman–Crippen MR) is 68.1 cm³/mol. The number of ether oxygens (including phenoxy) is 1. The van der Waals surface area contributed by atoms with Crippen LogP contribution in [-0.2, 0) is 4.79 Å². The van der Waals surface area contributed by atoms with Crippen LogP contribution in [0.25, 0.3) is 0 Å². The van der Waals surface area contributed by atoms with Gasteiger partial charge >= 0.3 is 0 Å². The van der Waals surface area contributed by atoms with Gasteiger partial charge in [-0.3, -0.25) is 4.79 Å². The zero-order valence-electron chi connectivity index (χ0n) is 10.4. The number of primary amides is 1. The number of rotatable bonds is 5. The molecule has 0 heterocycles. The fraction of sp³-hybridized carbons (Fsp3) is 0.417. The number of carbonyl (C=O) groups excluding carboxylic acids is 1. The highest BCUT2D eigenvalue weighted by atomic mass is 16.5. The summed E-state index contributed by atoms with van der Waals surface area (Å²) in [7, 11) is 3.44. The molecule has 1 aromatic rings. The Bertz CT molecular complexity index is 404. The van der Waals surface area contributed by atoms with Gasteiger partial charge in [0.05, 0.1) is 12.8 Å². The Labute approximate surface area is 101 Å². The Morgan fingerprint density at radius 1 is 1.47 bits per heavy atom. The van der Waals surface area contributed by atoms with E-state index in [-0.39, 0.29) is 0 Å². The van der Waals surface area contributed by atoms with Gasteiger partial charge in [0.2, 0.25) is 5.91 Å². The Hall–Kier alpha value is -1.75. The highest BCUT2D eigenvalue weighted by molar-refractivity contribution is 5.84. The Balaban J connectivity index is 2.90. The number of benzene rings is 1. The van der Waals surface area contributed by atoms with Crippen LogP contribution in [0, 0.1) is 0 Å². The Kier molecular flexibility index (Phi) is 3.96. The zero-order chi connectivity index (χ0) is 13.1. The minimum absolute atomic E-state index is 0.322. The molecule has 4 N–H and O–H groups in total. The summed E-state index contributed by atoms with van der Waals surface area (Å²) in [5.74, 6) is 0.203. The number of hydrogen-bond donors (Lipinski definition) is 2. The van der Waals surface area contributed by atoms with E-state index in [9.17, 15) is 4.79 Å². The van der Waals surface area contributed by atoms with Crippen LogP contribution in [0.15, 0.2) is 24.3 Å². The summed E-state index contributed by atoms with van der Waals surface area (Å²) in [6.45, 7) is 1.93. The maximum absolute atomic E-state index is 11.2. The molecular formula is C12H19N3O2. The van der Waals surface area contributed by atoms with Gasteiger partial charge < -0.3 is 21.1 Å². The van der Waals surface area contributed by atoms with E-state index in [0.29, 0.717) is 6.54 Å². The minimum atomic E-state index is -1.07. The van der Waals surface area contributed by atoms with Crippen LogP contribution in [0.4, 0.5) is 5.69 Å². The summed E-state index contributed by atoms with van der Waals surface area (Å²) >= 11 is 0. The highest BCUT2D eigenvalue weighted by Crippen LogP contribution is 2.27. The summed E-state index contributed by atoms with van der Waals surface area (Å²) in [5.41, 5.74) is 10.9. The Morgan fingerprint density at radius 3 is 2.59 bits per heavy atom. The molecule has 0 bridgehead atoms. The van der Waals surface area contributed by atoms with Gasteiger partial charge in [0.1, 0.15) is 11.3 Å². The van der Waals surface area contributed by atoms with Crippen molar-refractivity contribution in [1.29, 1.82) is 0 Å². The molecule has 1 atom stereocenters. The standard InChI is InChI=1S/C12H19N3O2/c1-12(14,11(13)16)8-15(2)9-6-4-5-7-10(9)17-3/h4-7H,8,14H2,1-3H3,(H2,13,16). The molecule has 0 radical (unpaired) electrons. The normalized spacial score (nSPS) is 13.9. The molecule has 0 aliphatic heterocycles. The lowest BCUT2D eigenvalue weighted by molar-refractivity contribution is -0.122. The van der Waals surface area contributed by atoms with Crippen molar-refractivity contribution < 1.29 is 9.53 Å². The van der Waals surface area contributed by atoms with Crippen molar-refractivity contribution in [3.05, 3.63) is 24.3 Å². The quantitative estimate of drug-likeness (QED) is 0.773. The van der Waals surface area contributed by atoms with Gasteiger partial charge in [-0.2, -0.15) is 0 Å². The van der Waals surface area contributed by atoms with Crippen molar-refractivity contribution in [3.8, 4) is 5.75 Å². The summed E-state index contributed by atoms with van der Waals surface area (Å²) in [4.78, 5) is 13.0. The van der Waals surface area contributed by atoms with E-state index in [4.69, 9.17) is 16.2 Å². The molecule has 0 fully saturated rings. The second-order valence-corrected chi connectivity index (χ2v) is 4.31. The van der Waals surface area contributed by atoms with Crippen LogP contribution in [0.5, 0.6) is 5.75 Å². The molecule has 94 valence electrons. The molecule has 5 heteroatoms. The molecule has 1 aromatic carbocycles. The summed E-state index contributed by atoms with van der Waals surface area (Å²) in [6, 6.07) is 7.53. The first-order chi connectivity index (χ1) is 7.88. The number of nitrogens with zero attached hydrogens (tertiary/aromatic N) is 1. The van der Waals surface area contributed by atoms with Crippen molar-refractivity contribution in [3.63, 3.8) is 0 Å². The summed E-state index contributed by atoms with van der Waals surface area (Å²) in [6.07, 6.45) is 0. The van der Waals surface area contributed by atoms with Crippen LogP contribution in [0.3, 0.4) is 0 Å². The lowest BCUT2D eigenvalue weighted by Gasteiger charge is -2.29. The lowest BCUT2D eigenvalue weighted by atomic mass is 10.0. The highest BCUT2D eigenvalue weighted by Gasteiger charge is 2.28. The van der Waals surface area contributed by atoms with Gasteiger partial charge in [0.25, 0.3) is 0 Å². The SMILES string of the molecule is COc1ccccc1N(C)CC(C)(N)C(N)=O. The summed E-state index contributed by atoms with van der Waals surface area (Å²) < 4.78 is 5.24. The number of likely N-dealkylation sites (N-methyl/N-ethyl adjacent to an activating group) is 1. The first-order valence-corrected chi connectivity index (χ1v) is 5.31. The van der Waals surface area contributed by atoms with Crippen LogP contribution >= 0.6 is 0 Å². The van der Waals surface area contributed by atoms with E-state index in [0.717, 1.165) is 11.4 Å². The van der Waals surface area contributed by atoms with Crippen molar-refractivity contribution in [2.75, 3.05) is 25.6 Å². The molecule has 1 amide bonds. The third-order valence-electron chi connectivity index (χ3n) is 2.62. The fourth-order valence-corrected chi connectivity index (χ4v) is 1.60. The molecule has 1 rings (SSSR count). The van der Waals surface area contributed by atoms with Crippen LogP contribution < -0.4 is 21.1 Å². The van der Waals surface area contributed by atoms with Gasteiger partial charge in [-0.05, 0) is 19.1 Å². The number of carbonyl (C=O) groups is 1. The number of amides is 1. The van der Waals surface area contributed by atoms with Gasteiger partial charge in [-0.25, -0.2) is 0 Å². The van der Waals surface area contributed by atoms with E-state index in [1.165, 1.54) is 0 Å². The van der Waals surface area contributed by atoms with E-state index >= 15 is 0 Å². The average molecular weight is 237 g/mol. The van der Waals surface area contributed by atoms with E-state index in [2.05, 4.69) is 0 Å². The van der Waals surface area contributed by atoms with E-state index < -0.39 is 11.4 Å². The van der Waals surface area contributed by atoms with Crippen LogP contribution in [0.2, 0.25) is 0 Å². The van der Waals surface area contributed by atoms with Gasteiger partial charge in [-0.15, -0.1) is 0 Å². The molecular weight excluding hydrogens is 218 g/mol. The molecule has 0 aliphatic carbocycles. The van der Waals surface area contributed by atoms with Crippen molar-refractivity contribution in [1.82, 2.24) is 0 Å². The monoisotopic (exact) mass is 237 g/mol. The molecule has 0 saturated heterocycles. The maximum atomic E-state index is 11.2. The molecule has 0 aliphatic rings. The number of methoxy groups -OCH3 is 1. The van der Waals surface area contributed by atoms with E-state index in [1.807, 2.05) is 36.2 Å². The van der Waals surface area contributed by atoms with E-state index in [1.54, 1.807) is 14.0 Å². The zero-order valence-corrected chi connectivity index (χ0v) is 10.4. The van der Waals surface area contributed by atoms with Crippen molar-refractivity contribution >= 4 is 11.6 Å². The predicted octanol–water partition coefficient (Wildman–Crippen LogP) is 0.334. The minimum Gasteiger partial charge on any atom is -0.495 e. The third kappa shape index (κ3) is 3.10. The average Bonchev–Trinajstić information content (AvgIpc) is 2.28. The molecule has 0 saturated carbocycles. The smallest absolute Gasteiger partial charge is 0.239 e. The Morgan fingerprint density at radius 2 is 2.06 bits per heavy atom. The summed E-state index contributed by atoms with van der Waals surface area (Å²) in [5, 5.41) is 0. The first kappa shape index (κ1) is 13.3. The van der Waals surface area contributed by atoms with Crippen LogP contribution in [-0.4, -0.2) is 32.1 Å². The van der Waals surface area contributed by atoms with Crippen LogP contribution in [0.1, 0.15) is 6.92 Å². The number of anilines is 1. The van der Waals surface area contributed by atoms with Gasteiger partial charge in [0, 0.05) is 13.6 Å². The second kappa shape index (κ2) is 5.05. The van der Waals surface area contributed by atoms with Gasteiger partial charge in [-0.1, -0.05) is 12.1 Å². The fourth-order valence-electron chi connectivity index (χ4n) is 1.60. The molecule has 0 spiro atoms. The molecule has 1 unspecified atom stereocenters. The molecule has 17 heavy (non-hydrogen) atoms. The largest absolute Gasteiger partial charge is 0.495 e. The first-order valence-electron chi connectivity index (χ1n) is 5.31. The lowest BCUT2D eigenvalue weighted by Crippen LogP contribution is -2.56.